The lowest BCUT2D eigenvalue weighted by Crippen LogP contribution is -2.49. The minimum absolute atomic E-state index is 0.00763. The molecule has 1 aromatic carbocycles. The molecule has 7 nitrogen and oxygen atoms in total. The van der Waals surface area contributed by atoms with Crippen molar-refractivity contribution in [2.75, 3.05) is 11.9 Å². The highest BCUT2D eigenvalue weighted by molar-refractivity contribution is 7.15. The van der Waals surface area contributed by atoms with Crippen LogP contribution in [0.1, 0.15) is 57.0 Å². The van der Waals surface area contributed by atoms with Crippen molar-refractivity contribution < 1.29 is 9.59 Å². The number of anilines is 1. The maximum absolute atomic E-state index is 12.7. The second-order valence-corrected chi connectivity index (χ2v) is 10.1. The predicted octanol–water partition coefficient (Wildman–Crippen LogP) is 3.59. The summed E-state index contributed by atoms with van der Waals surface area (Å²) >= 11 is 1.37. The van der Waals surface area contributed by atoms with Gasteiger partial charge in [0.05, 0.1) is 6.04 Å². The first kappa shape index (κ1) is 24.1. The van der Waals surface area contributed by atoms with Crippen molar-refractivity contribution >= 4 is 28.3 Å². The molecule has 3 N–H and O–H groups in total. The largest absolute Gasteiger partial charge is 0.349 e. The normalized spacial score (nSPS) is 17.8. The van der Waals surface area contributed by atoms with Crippen molar-refractivity contribution in [1.29, 1.82) is 0 Å². The predicted molar refractivity (Wildman–Crippen MR) is 129 cm³/mol. The van der Waals surface area contributed by atoms with E-state index in [2.05, 4.69) is 59.1 Å². The van der Waals surface area contributed by atoms with E-state index in [1.54, 1.807) is 6.08 Å². The Morgan fingerprint density at radius 2 is 2.00 bits per heavy atom. The first-order chi connectivity index (χ1) is 15.3. The van der Waals surface area contributed by atoms with Gasteiger partial charge in [0.1, 0.15) is 5.01 Å². The van der Waals surface area contributed by atoms with E-state index >= 15 is 0 Å². The molecule has 8 heteroatoms. The van der Waals surface area contributed by atoms with Gasteiger partial charge in [-0.05, 0) is 37.8 Å². The zero-order valence-corrected chi connectivity index (χ0v) is 19.9. The fourth-order valence-electron chi connectivity index (χ4n) is 3.47. The van der Waals surface area contributed by atoms with E-state index in [4.69, 9.17) is 0 Å². The summed E-state index contributed by atoms with van der Waals surface area (Å²) in [6, 6.07) is 9.73. The van der Waals surface area contributed by atoms with Crippen LogP contribution in [0.3, 0.4) is 0 Å². The molecular formula is C24H33N5O2S. The zero-order chi connectivity index (χ0) is 23.0. The maximum Gasteiger partial charge on any atom is 0.249 e. The van der Waals surface area contributed by atoms with Gasteiger partial charge in [-0.15, -0.1) is 10.2 Å². The van der Waals surface area contributed by atoms with Crippen LogP contribution in [-0.2, 0) is 21.4 Å². The fourth-order valence-corrected chi connectivity index (χ4v) is 4.27. The molecule has 0 radical (unpaired) electrons. The van der Waals surface area contributed by atoms with Crippen LogP contribution in [0, 0.1) is 0 Å². The summed E-state index contributed by atoms with van der Waals surface area (Å²) in [5.41, 5.74) is 1.08. The number of nitrogens with one attached hydrogen (secondary N) is 3. The van der Waals surface area contributed by atoms with Crippen molar-refractivity contribution in [1.82, 2.24) is 20.8 Å². The molecule has 0 bridgehead atoms. The SMILES string of the molecule is CC(C)(C)c1nnc(NC(=O)C=C[C@H](CCc2ccccc2)NC(=O)[C@@H]2CCCCN2)s1. The van der Waals surface area contributed by atoms with E-state index in [1.165, 1.54) is 23.0 Å². The lowest BCUT2D eigenvalue weighted by atomic mass is 9.98. The Kier molecular flexibility index (Phi) is 8.53. The van der Waals surface area contributed by atoms with Gasteiger partial charge in [0, 0.05) is 17.5 Å². The molecule has 2 aromatic rings. The summed E-state index contributed by atoms with van der Waals surface area (Å²) < 4.78 is 0. The number of hydrogen-bond donors (Lipinski definition) is 3. The molecule has 2 heterocycles. The smallest absolute Gasteiger partial charge is 0.249 e. The van der Waals surface area contributed by atoms with Crippen molar-refractivity contribution in [2.24, 2.45) is 0 Å². The van der Waals surface area contributed by atoms with Gasteiger partial charge < -0.3 is 10.6 Å². The second kappa shape index (κ2) is 11.3. The summed E-state index contributed by atoms with van der Waals surface area (Å²) in [7, 11) is 0. The van der Waals surface area contributed by atoms with Crippen LogP contribution in [0.25, 0.3) is 0 Å². The summed E-state index contributed by atoms with van der Waals surface area (Å²) in [6.07, 6.45) is 7.75. The van der Waals surface area contributed by atoms with Gasteiger partial charge in [0.25, 0.3) is 0 Å². The molecule has 0 aliphatic carbocycles. The third-order valence-electron chi connectivity index (χ3n) is 5.32. The lowest BCUT2D eigenvalue weighted by Gasteiger charge is -2.25. The van der Waals surface area contributed by atoms with Gasteiger partial charge >= 0.3 is 0 Å². The maximum atomic E-state index is 12.7. The molecule has 0 unspecified atom stereocenters. The van der Waals surface area contributed by atoms with Crippen LogP contribution < -0.4 is 16.0 Å². The molecule has 0 saturated carbocycles. The van der Waals surface area contributed by atoms with Crippen LogP contribution in [0.5, 0.6) is 0 Å². The van der Waals surface area contributed by atoms with Gasteiger partial charge in [-0.3, -0.25) is 14.9 Å². The Balaban J connectivity index is 1.61. The molecule has 1 aromatic heterocycles. The number of carbonyl (C=O) groups is 2. The van der Waals surface area contributed by atoms with Crippen LogP contribution in [0.2, 0.25) is 0 Å². The summed E-state index contributed by atoms with van der Waals surface area (Å²) in [6.45, 7) is 7.03. The van der Waals surface area contributed by atoms with Crippen LogP contribution in [0.15, 0.2) is 42.5 Å². The second-order valence-electron chi connectivity index (χ2n) is 9.15. The summed E-state index contributed by atoms with van der Waals surface area (Å²) in [4.78, 5) is 25.2. The van der Waals surface area contributed by atoms with Crippen LogP contribution in [-0.4, -0.2) is 40.6 Å². The Labute approximate surface area is 194 Å². The third kappa shape index (κ3) is 7.53. The Hall–Kier alpha value is -2.58. The monoisotopic (exact) mass is 455 g/mol. The first-order valence-electron chi connectivity index (χ1n) is 11.2. The highest BCUT2D eigenvalue weighted by atomic mass is 32.1. The number of aryl methyl sites for hydroxylation is 1. The van der Waals surface area contributed by atoms with Crippen molar-refractivity contribution in [3.63, 3.8) is 0 Å². The third-order valence-corrected chi connectivity index (χ3v) is 6.58. The van der Waals surface area contributed by atoms with Crippen molar-refractivity contribution in [3.05, 3.63) is 53.1 Å². The Morgan fingerprint density at radius 3 is 2.66 bits per heavy atom. The number of rotatable bonds is 8. The summed E-state index contributed by atoms with van der Waals surface area (Å²) in [5.74, 6) is -0.289. The van der Waals surface area contributed by atoms with Crippen LogP contribution in [0.4, 0.5) is 5.13 Å². The number of carbonyl (C=O) groups excluding carboxylic acids is 2. The minimum atomic E-state index is -0.281. The number of hydrogen-bond acceptors (Lipinski definition) is 6. The molecule has 1 aliphatic rings. The highest BCUT2D eigenvalue weighted by Gasteiger charge is 2.22. The van der Waals surface area contributed by atoms with Gasteiger partial charge in [0.15, 0.2) is 0 Å². The number of benzene rings is 1. The molecule has 1 saturated heterocycles. The quantitative estimate of drug-likeness (QED) is 0.529. The van der Waals surface area contributed by atoms with E-state index < -0.39 is 0 Å². The number of aromatic nitrogens is 2. The fraction of sp³-hybridized carbons (Fsp3) is 0.500. The minimum Gasteiger partial charge on any atom is -0.349 e. The molecule has 2 amide bonds. The van der Waals surface area contributed by atoms with E-state index in [0.29, 0.717) is 11.6 Å². The van der Waals surface area contributed by atoms with E-state index in [-0.39, 0.29) is 29.3 Å². The molecule has 2 atom stereocenters. The average Bonchev–Trinajstić information content (AvgIpc) is 3.26. The molecule has 32 heavy (non-hydrogen) atoms. The van der Waals surface area contributed by atoms with Gasteiger partial charge in [-0.25, -0.2) is 0 Å². The number of amides is 2. The van der Waals surface area contributed by atoms with E-state index in [0.717, 1.165) is 37.2 Å². The van der Waals surface area contributed by atoms with Crippen molar-refractivity contribution in [2.45, 2.75) is 70.4 Å². The molecule has 1 fully saturated rings. The highest BCUT2D eigenvalue weighted by Crippen LogP contribution is 2.27. The van der Waals surface area contributed by atoms with E-state index in [1.807, 2.05) is 18.2 Å². The Morgan fingerprint density at radius 1 is 1.22 bits per heavy atom. The van der Waals surface area contributed by atoms with E-state index in [9.17, 15) is 9.59 Å². The number of piperidine rings is 1. The zero-order valence-electron chi connectivity index (χ0n) is 19.1. The molecule has 3 rings (SSSR count). The molecule has 1 aliphatic heterocycles. The Bertz CT molecular complexity index is 914. The lowest BCUT2D eigenvalue weighted by molar-refractivity contribution is -0.124. The van der Waals surface area contributed by atoms with Gasteiger partial charge in [0.2, 0.25) is 16.9 Å². The first-order valence-corrected chi connectivity index (χ1v) is 12.0. The molecular weight excluding hydrogens is 422 g/mol. The average molecular weight is 456 g/mol. The summed E-state index contributed by atoms with van der Waals surface area (Å²) in [5, 5.41) is 18.7. The molecule has 172 valence electrons. The number of nitrogens with zero attached hydrogens (tertiary/aromatic N) is 2. The van der Waals surface area contributed by atoms with Crippen molar-refractivity contribution in [3.8, 4) is 0 Å². The van der Waals surface area contributed by atoms with Gasteiger partial charge in [-0.2, -0.15) is 0 Å². The van der Waals surface area contributed by atoms with Crippen LogP contribution >= 0.6 is 11.3 Å². The van der Waals surface area contributed by atoms with Gasteiger partial charge in [-0.1, -0.05) is 74.9 Å². The molecule has 0 spiro atoms. The topological polar surface area (TPSA) is 96.0 Å². The standard InChI is InChI=1S/C24H33N5O2S/c1-24(2,3)22-28-29-23(32-22)27-20(30)15-14-18(13-12-17-9-5-4-6-10-17)26-21(31)19-11-7-8-16-25-19/h4-6,9-10,14-15,18-19,25H,7-8,11-13,16H2,1-3H3,(H,26,31)(H,27,29,30)/t18-,19-/m0/s1.